The molecule has 2 atom stereocenters. The number of para-hydroxylation sites is 1. The van der Waals surface area contributed by atoms with Crippen LogP contribution in [-0.4, -0.2) is 47.1 Å². The number of benzene rings is 2. The number of nitrogens with zero attached hydrogens (tertiary/aromatic N) is 6. The molecule has 1 saturated heterocycles. The van der Waals surface area contributed by atoms with Crippen LogP contribution in [0.25, 0.3) is 11.0 Å². The Hall–Kier alpha value is -5.24. The Labute approximate surface area is 272 Å². The zero-order valence-electron chi connectivity index (χ0n) is 25.0. The molecule has 0 bridgehead atoms. The van der Waals surface area contributed by atoms with Gasteiger partial charge in [-0.25, -0.2) is 14.4 Å². The lowest BCUT2D eigenvalue weighted by Crippen LogP contribution is -2.28. The predicted octanol–water partition coefficient (Wildman–Crippen LogP) is 5.33. The first kappa shape index (κ1) is 30.4. The van der Waals surface area contributed by atoms with Gasteiger partial charge < -0.3 is 19.9 Å². The summed E-state index contributed by atoms with van der Waals surface area (Å²) in [6.45, 7) is 1.92. The summed E-state index contributed by atoms with van der Waals surface area (Å²) in [4.78, 5) is 36.1. The standard InChI is InChI=1S/C34H29FN8O3S/c35-28-5-1-2-6-29(28)46-30-16-24-19-39-34(41-26-9-7-22(8-10-26)23-4-3-13-37-17-23)42-31(24)43(33(30)44)20-25-18-38-21-40-32(25)47(45)27-11-14-36-15-12-27/h1-2,5-12,14-16,18-19,21,23,37H,3-4,13,17,20H2,(H,39,41,42). The van der Waals surface area contributed by atoms with Gasteiger partial charge in [-0.3, -0.25) is 14.3 Å². The lowest BCUT2D eigenvalue weighted by Gasteiger charge is -2.23. The molecular formula is C34H29FN8O3S. The van der Waals surface area contributed by atoms with Gasteiger partial charge in [0, 0.05) is 65.7 Å². The van der Waals surface area contributed by atoms with Crippen molar-refractivity contribution in [2.75, 3.05) is 18.4 Å². The highest BCUT2D eigenvalue weighted by Crippen LogP contribution is 2.28. The molecule has 1 fully saturated rings. The van der Waals surface area contributed by atoms with E-state index in [2.05, 4.69) is 42.7 Å². The van der Waals surface area contributed by atoms with Crippen LogP contribution in [0.15, 0.2) is 113 Å². The molecule has 11 nitrogen and oxygen atoms in total. The van der Waals surface area contributed by atoms with Crippen molar-refractivity contribution in [1.82, 2.24) is 34.8 Å². The first-order chi connectivity index (χ1) is 23.0. The zero-order chi connectivity index (χ0) is 32.2. The van der Waals surface area contributed by atoms with Gasteiger partial charge in [0.15, 0.2) is 22.2 Å². The van der Waals surface area contributed by atoms with E-state index in [1.807, 2.05) is 12.1 Å². The van der Waals surface area contributed by atoms with E-state index in [1.165, 1.54) is 46.9 Å². The van der Waals surface area contributed by atoms with E-state index in [9.17, 15) is 13.7 Å². The van der Waals surface area contributed by atoms with Crippen molar-refractivity contribution in [2.45, 2.75) is 35.2 Å². The number of piperidine rings is 1. The van der Waals surface area contributed by atoms with E-state index < -0.39 is 22.6 Å². The first-order valence-electron chi connectivity index (χ1n) is 15.0. The molecule has 1 aliphatic rings. The van der Waals surface area contributed by atoms with Crippen molar-refractivity contribution in [3.05, 3.63) is 125 Å². The summed E-state index contributed by atoms with van der Waals surface area (Å²) in [6.07, 6.45) is 9.77. The topological polar surface area (TPSA) is 143 Å². The molecule has 6 aromatic rings. The third-order valence-electron chi connectivity index (χ3n) is 7.90. The van der Waals surface area contributed by atoms with E-state index in [-0.39, 0.29) is 34.7 Å². The van der Waals surface area contributed by atoms with Gasteiger partial charge in [-0.1, -0.05) is 24.3 Å². The normalized spacial score (nSPS) is 15.3. The van der Waals surface area contributed by atoms with Gasteiger partial charge in [0.25, 0.3) is 10.6 Å². The number of fused-ring (bicyclic) bond motifs is 1. The van der Waals surface area contributed by atoms with Crippen LogP contribution in [0.1, 0.15) is 29.9 Å². The molecule has 47 heavy (non-hydrogen) atoms. The lowest BCUT2D eigenvalue weighted by atomic mass is 9.92. The predicted molar refractivity (Wildman–Crippen MR) is 175 cm³/mol. The smallest absolute Gasteiger partial charge is 0.295 e. The second kappa shape index (κ2) is 13.6. The molecule has 7 rings (SSSR count). The van der Waals surface area contributed by atoms with E-state index >= 15 is 0 Å². The van der Waals surface area contributed by atoms with Crippen molar-refractivity contribution < 1.29 is 13.7 Å². The highest BCUT2D eigenvalue weighted by molar-refractivity contribution is 7.91. The second-order valence-corrected chi connectivity index (χ2v) is 12.4. The van der Waals surface area contributed by atoms with Crippen LogP contribution >= 0.6 is 0 Å². The summed E-state index contributed by atoms with van der Waals surface area (Å²) >= 11 is -1.68. The molecule has 0 saturated carbocycles. The SMILES string of the molecule is O=c1c(Oc2ccccc2F)cc2cnc(Nc3ccc(C4CCCNC4)cc3)nc2n1Cc1cncnc1[S+]([O-])c1ccncc1. The van der Waals surface area contributed by atoms with E-state index in [4.69, 9.17) is 9.72 Å². The maximum atomic E-state index is 14.5. The number of rotatable bonds is 9. The van der Waals surface area contributed by atoms with Crippen molar-refractivity contribution >= 4 is 33.8 Å². The van der Waals surface area contributed by atoms with Crippen LogP contribution in [0, 0.1) is 5.82 Å². The van der Waals surface area contributed by atoms with Crippen LogP contribution in [0.5, 0.6) is 11.5 Å². The molecule has 5 heterocycles. The molecule has 0 amide bonds. The third-order valence-corrected chi connectivity index (χ3v) is 9.32. The summed E-state index contributed by atoms with van der Waals surface area (Å²) in [5.41, 5.74) is 2.18. The van der Waals surface area contributed by atoms with Gasteiger partial charge in [-0.2, -0.15) is 9.97 Å². The Morgan fingerprint density at radius 3 is 2.64 bits per heavy atom. The number of anilines is 2. The summed E-state index contributed by atoms with van der Waals surface area (Å²) in [5.74, 6) is -0.111. The number of hydrogen-bond donors (Lipinski definition) is 2. The lowest BCUT2D eigenvalue weighted by molar-refractivity contribution is 0.433. The Kier molecular flexibility index (Phi) is 8.82. The molecule has 2 N–H and O–H groups in total. The second-order valence-electron chi connectivity index (χ2n) is 11.0. The Morgan fingerprint density at radius 2 is 1.85 bits per heavy atom. The minimum Gasteiger partial charge on any atom is -0.605 e. The van der Waals surface area contributed by atoms with Crippen LogP contribution in [0.3, 0.4) is 0 Å². The average molecular weight is 649 g/mol. The van der Waals surface area contributed by atoms with Crippen molar-refractivity contribution in [3.8, 4) is 11.5 Å². The molecule has 0 spiro atoms. The average Bonchev–Trinajstić information content (AvgIpc) is 3.12. The molecule has 4 aromatic heterocycles. The molecule has 0 radical (unpaired) electrons. The van der Waals surface area contributed by atoms with Gasteiger partial charge in [-0.15, -0.1) is 0 Å². The number of halogens is 1. The number of nitrogens with one attached hydrogen (secondary N) is 2. The minimum atomic E-state index is -1.68. The van der Waals surface area contributed by atoms with Gasteiger partial charge in [0.2, 0.25) is 5.95 Å². The molecule has 13 heteroatoms. The van der Waals surface area contributed by atoms with Crippen molar-refractivity contribution in [2.24, 2.45) is 0 Å². The summed E-state index contributed by atoms with van der Waals surface area (Å²) in [6, 6.07) is 18.7. The first-order valence-corrected chi connectivity index (χ1v) is 16.2. The van der Waals surface area contributed by atoms with Gasteiger partial charge in [0.05, 0.1) is 12.1 Å². The summed E-state index contributed by atoms with van der Waals surface area (Å²) in [7, 11) is 0. The van der Waals surface area contributed by atoms with Gasteiger partial charge >= 0.3 is 0 Å². The Bertz CT molecular complexity index is 2080. The van der Waals surface area contributed by atoms with Crippen LogP contribution in [0.2, 0.25) is 0 Å². The molecule has 2 unspecified atom stereocenters. The molecule has 1 aliphatic heterocycles. The van der Waals surface area contributed by atoms with E-state index in [0.717, 1.165) is 31.6 Å². The Morgan fingerprint density at radius 1 is 1.02 bits per heavy atom. The zero-order valence-corrected chi connectivity index (χ0v) is 25.9. The van der Waals surface area contributed by atoms with E-state index in [0.29, 0.717) is 21.8 Å². The van der Waals surface area contributed by atoms with Gasteiger partial charge in [0.1, 0.15) is 12.0 Å². The minimum absolute atomic E-state index is 0.0998. The largest absolute Gasteiger partial charge is 0.605 e. The van der Waals surface area contributed by atoms with Crippen LogP contribution in [0.4, 0.5) is 16.0 Å². The number of hydrogen-bond acceptors (Lipinski definition) is 10. The number of ether oxygens (including phenoxy) is 1. The maximum absolute atomic E-state index is 14.5. The maximum Gasteiger partial charge on any atom is 0.295 e. The van der Waals surface area contributed by atoms with Crippen molar-refractivity contribution in [1.29, 1.82) is 0 Å². The molecule has 236 valence electrons. The fourth-order valence-corrected chi connectivity index (χ4v) is 6.62. The van der Waals surface area contributed by atoms with Crippen molar-refractivity contribution in [3.63, 3.8) is 0 Å². The highest BCUT2D eigenvalue weighted by Gasteiger charge is 2.24. The quantitative estimate of drug-likeness (QED) is 0.156. The van der Waals surface area contributed by atoms with Gasteiger partial charge in [-0.05, 0) is 61.2 Å². The fraction of sp³-hybridized carbons (Fsp3) is 0.176. The number of pyridine rings is 2. The Balaban J connectivity index is 1.27. The summed E-state index contributed by atoms with van der Waals surface area (Å²) < 4.78 is 35.2. The van der Waals surface area contributed by atoms with E-state index in [1.54, 1.807) is 36.8 Å². The third kappa shape index (κ3) is 6.68. The molecule has 2 aromatic carbocycles. The molecule has 0 aliphatic carbocycles. The monoisotopic (exact) mass is 648 g/mol. The van der Waals surface area contributed by atoms with Crippen LogP contribution in [-0.2, 0) is 17.7 Å². The van der Waals surface area contributed by atoms with Crippen LogP contribution < -0.4 is 20.9 Å². The number of aromatic nitrogens is 6. The molecular weight excluding hydrogens is 619 g/mol. The fourth-order valence-electron chi connectivity index (χ4n) is 5.53. The summed E-state index contributed by atoms with van der Waals surface area (Å²) in [5, 5.41) is 7.38. The highest BCUT2D eigenvalue weighted by atomic mass is 32.2.